The number of hydrogen-bond donors (Lipinski definition) is 0. The molecule has 3 heteroatoms. The molecule has 0 bridgehead atoms. The van der Waals surface area contributed by atoms with E-state index in [0.29, 0.717) is 0 Å². The summed E-state index contributed by atoms with van der Waals surface area (Å²) < 4.78 is 5.30. The molecule has 1 atom stereocenters. The Hall–Kier alpha value is -1.53. The van der Waals surface area contributed by atoms with Crippen LogP contribution in [0, 0.1) is 11.3 Å². The van der Waals surface area contributed by atoms with Crippen LogP contribution < -0.4 is 4.74 Å². The highest BCUT2D eigenvalue weighted by Gasteiger charge is 2.43. The van der Waals surface area contributed by atoms with Crippen molar-refractivity contribution in [2.45, 2.75) is 32.2 Å². The maximum atomic E-state index is 9.73. The Kier molecular flexibility index (Phi) is 3.58. The molecule has 18 heavy (non-hydrogen) atoms. The van der Waals surface area contributed by atoms with E-state index in [4.69, 9.17) is 4.74 Å². The van der Waals surface area contributed by atoms with Crippen molar-refractivity contribution >= 4 is 0 Å². The minimum Gasteiger partial charge on any atom is -0.497 e. The minimum atomic E-state index is -0.465. The number of nitriles is 1. The van der Waals surface area contributed by atoms with Crippen molar-refractivity contribution in [2.24, 2.45) is 0 Å². The van der Waals surface area contributed by atoms with E-state index in [-0.39, 0.29) is 0 Å². The zero-order chi connectivity index (χ0) is 13.2. The van der Waals surface area contributed by atoms with Crippen LogP contribution in [0.4, 0.5) is 0 Å². The fourth-order valence-corrected chi connectivity index (χ4v) is 3.01. The molecule has 0 radical (unpaired) electrons. The second-order valence-corrected chi connectivity index (χ2v) is 4.67. The molecule has 1 aliphatic rings. The zero-order valence-corrected chi connectivity index (χ0v) is 11.4. The number of benzene rings is 1. The first kappa shape index (κ1) is 12.9. The molecule has 0 saturated heterocycles. The molecular weight excluding hydrogens is 224 g/mol. The van der Waals surface area contributed by atoms with Crippen molar-refractivity contribution in [3.05, 3.63) is 29.3 Å². The molecule has 0 aromatic heterocycles. The van der Waals surface area contributed by atoms with E-state index in [9.17, 15) is 5.26 Å². The molecule has 1 unspecified atom stereocenters. The van der Waals surface area contributed by atoms with E-state index < -0.39 is 5.54 Å². The lowest BCUT2D eigenvalue weighted by Crippen LogP contribution is -2.43. The molecule has 1 aromatic carbocycles. The average molecular weight is 244 g/mol. The van der Waals surface area contributed by atoms with Gasteiger partial charge in [0.15, 0.2) is 0 Å². The Bertz CT molecular complexity index is 474. The summed E-state index contributed by atoms with van der Waals surface area (Å²) in [6.45, 7) is 6.00. The molecule has 0 fully saturated rings. The topological polar surface area (TPSA) is 36.3 Å². The van der Waals surface area contributed by atoms with E-state index in [2.05, 4.69) is 30.9 Å². The van der Waals surface area contributed by atoms with Crippen molar-refractivity contribution in [3.63, 3.8) is 0 Å². The normalized spacial score (nSPS) is 21.7. The molecule has 96 valence electrons. The van der Waals surface area contributed by atoms with Gasteiger partial charge in [-0.25, -0.2) is 0 Å². The van der Waals surface area contributed by atoms with Gasteiger partial charge in [-0.05, 0) is 49.2 Å². The van der Waals surface area contributed by atoms with Crippen LogP contribution >= 0.6 is 0 Å². The maximum absolute atomic E-state index is 9.73. The monoisotopic (exact) mass is 244 g/mol. The van der Waals surface area contributed by atoms with Crippen molar-refractivity contribution < 1.29 is 4.74 Å². The number of hydrogen-bond acceptors (Lipinski definition) is 3. The predicted octanol–water partition coefficient (Wildman–Crippen LogP) is 2.70. The number of aryl methyl sites for hydroxylation is 1. The maximum Gasteiger partial charge on any atom is 0.135 e. The Morgan fingerprint density at radius 3 is 2.67 bits per heavy atom. The van der Waals surface area contributed by atoms with Gasteiger partial charge in [0.1, 0.15) is 11.3 Å². The van der Waals surface area contributed by atoms with Gasteiger partial charge in [0.25, 0.3) is 0 Å². The van der Waals surface area contributed by atoms with E-state index in [1.165, 1.54) is 5.56 Å². The highest BCUT2D eigenvalue weighted by Crippen LogP contribution is 2.42. The molecule has 2 rings (SSSR count). The lowest BCUT2D eigenvalue weighted by atomic mass is 9.91. The van der Waals surface area contributed by atoms with Gasteiger partial charge < -0.3 is 4.74 Å². The molecule has 0 spiro atoms. The largest absolute Gasteiger partial charge is 0.497 e. The van der Waals surface area contributed by atoms with Crippen molar-refractivity contribution in [1.29, 1.82) is 5.26 Å². The molecule has 1 aliphatic carbocycles. The first-order valence-corrected chi connectivity index (χ1v) is 6.55. The van der Waals surface area contributed by atoms with Crippen LogP contribution in [-0.2, 0) is 12.0 Å². The summed E-state index contributed by atoms with van der Waals surface area (Å²) in [5, 5.41) is 9.73. The van der Waals surface area contributed by atoms with Crippen molar-refractivity contribution in [1.82, 2.24) is 4.90 Å². The molecular formula is C15H20N2O. The van der Waals surface area contributed by atoms with E-state index >= 15 is 0 Å². The summed E-state index contributed by atoms with van der Waals surface area (Å²) in [5.41, 5.74) is 1.95. The first-order chi connectivity index (χ1) is 8.71. The van der Waals surface area contributed by atoms with Gasteiger partial charge in [-0.15, -0.1) is 0 Å². The van der Waals surface area contributed by atoms with Crippen LogP contribution in [0.1, 0.15) is 31.4 Å². The quantitative estimate of drug-likeness (QED) is 0.817. The third-order valence-corrected chi connectivity index (χ3v) is 4.01. The highest BCUT2D eigenvalue weighted by molar-refractivity contribution is 5.47. The average Bonchev–Trinajstić information content (AvgIpc) is 2.79. The van der Waals surface area contributed by atoms with E-state index in [0.717, 1.165) is 37.2 Å². The molecule has 0 N–H and O–H groups in total. The zero-order valence-electron chi connectivity index (χ0n) is 11.4. The fraction of sp³-hybridized carbons (Fsp3) is 0.533. The Labute approximate surface area is 109 Å². The molecule has 0 heterocycles. The van der Waals surface area contributed by atoms with E-state index in [1.54, 1.807) is 7.11 Å². The first-order valence-electron chi connectivity index (χ1n) is 6.55. The standard InChI is InChI=1S/C15H20N2O/c1-4-17(5-2)15(11-16)9-8-12-6-7-13(18-3)10-14(12)15/h6-7,10H,4-5,8-9H2,1-3H3. The summed E-state index contributed by atoms with van der Waals surface area (Å²) >= 11 is 0. The van der Waals surface area contributed by atoms with Gasteiger partial charge in [0, 0.05) is 0 Å². The van der Waals surface area contributed by atoms with Crippen molar-refractivity contribution in [2.75, 3.05) is 20.2 Å². The van der Waals surface area contributed by atoms with Crippen LogP contribution in [-0.4, -0.2) is 25.1 Å². The lowest BCUT2D eigenvalue weighted by Gasteiger charge is -2.35. The predicted molar refractivity (Wildman–Crippen MR) is 71.5 cm³/mol. The second kappa shape index (κ2) is 4.99. The highest BCUT2D eigenvalue weighted by atomic mass is 16.5. The van der Waals surface area contributed by atoms with Gasteiger partial charge in [-0.1, -0.05) is 19.9 Å². The molecule has 0 amide bonds. The van der Waals surface area contributed by atoms with Gasteiger partial charge in [0.2, 0.25) is 0 Å². The Morgan fingerprint density at radius 1 is 1.39 bits per heavy atom. The number of ether oxygens (including phenoxy) is 1. The van der Waals surface area contributed by atoms with Gasteiger partial charge in [-0.2, -0.15) is 5.26 Å². The van der Waals surface area contributed by atoms with E-state index in [1.807, 2.05) is 12.1 Å². The van der Waals surface area contributed by atoms with Gasteiger partial charge >= 0.3 is 0 Å². The summed E-state index contributed by atoms with van der Waals surface area (Å²) in [5.74, 6) is 0.836. The second-order valence-electron chi connectivity index (χ2n) is 4.67. The van der Waals surface area contributed by atoms with Crippen LogP contribution in [0.25, 0.3) is 0 Å². The summed E-state index contributed by atoms with van der Waals surface area (Å²) in [7, 11) is 1.67. The van der Waals surface area contributed by atoms with Crippen LogP contribution in [0.2, 0.25) is 0 Å². The number of rotatable bonds is 4. The van der Waals surface area contributed by atoms with Gasteiger partial charge in [0.05, 0.1) is 13.2 Å². The summed E-state index contributed by atoms with van der Waals surface area (Å²) in [6, 6.07) is 8.66. The molecule has 1 aromatic rings. The summed E-state index contributed by atoms with van der Waals surface area (Å²) in [6.07, 6.45) is 1.86. The summed E-state index contributed by atoms with van der Waals surface area (Å²) in [4.78, 5) is 2.25. The van der Waals surface area contributed by atoms with Crippen LogP contribution in [0.5, 0.6) is 5.75 Å². The number of methoxy groups -OCH3 is 1. The number of nitrogens with zero attached hydrogens (tertiary/aromatic N) is 2. The number of fused-ring (bicyclic) bond motifs is 1. The third-order valence-electron chi connectivity index (χ3n) is 4.01. The third kappa shape index (κ3) is 1.77. The lowest BCUT2D eigenvalue weighted by molar-refractivity contribution is 0.152. The molecule has 3 nitrogen and oxygen atoms in total. The van der Waals surface area contributed by atoms with Crippen LogP contribution in [0.15, 0.2) is 18.2 Å². The van der Waals surface area contributed by atoms with Crippen molar-refractivity contribution in [3.8, 4) is 11.8 Å². The minimum absolute atomic E-state index is 0.465. The molecule has 0 saturated carbocycles. The van der Waals surface area contributed by atoms with Gasteiger partial charge in [-0.3, -0.25) is 4.90 Å². The SMILES string of the molecule is CCN(CC)C1(C#N)CCc2ccc(OC)cc21. The Morgan fingerprint density at radius 2 is 2.11 bits per heavy atom. The molecule has 0 aliphatic heterocycles. The smallest absolute Gasteiger partial charge is 0.135 e. The van der Waals surface area contributed by atoms with Crippen LogP contribution in [0.3, 0.4) is 0 Å². The Balaban J connectivity index is 2.53. The fourth-order valence-electron chi connectivity index (χ4n) is 3.01.